The molecule has 0 bridgehead atoms. The van der Waals surface area contributed by atoms with Gasteiger partial charge >= 0.3 is 0 Å². The van der Waals surface area contributed by atoms with E-state index in [1.165, 1.54) is 10.9 Å². The van der Waals surface area contributed by atoms with Crippen molar-refractivity contribution < 1.29 is 0 Å². The van der Waals surface area contributed by atoms with E-state index in [0.717, 1.165) is 0 Å². The van der Waals surface area contributed by atoms with E-state index in [9.17, 15) is 0 Å². The number of aryl methyl sites for hydroxylation is 1. The fraction of sp³-hybridized carbons (Fsp3) is 0.182. The Labute approximate surface area is 132 Å². The van der Waals surface area contributed by atoms with E-state index in [1.807, 2.05) is 6.92 Å². The van der Waals surface area contributed by atoms with Crippen molar-refractivity contribution in [3.05, 3.63) is 39.6 Å². The van der Waals surface area contributed by atoms with E-state index in [4.69, 9.17) is 29.0 Å². The fourth-order valence-corrected chi connectivity index (χ4v) is 1.78. The lowest BCUT2D eigenvalue weighted by Crippen LogP contribution is -2.14. The van der Waals surface area contributed by atoms with Crippen LogP contribution in [0, 0.1) is 0 Å². The molecule has 0 spiro atoms. The minimum absolute atomic E-state index is 0. The lowest BCUT2D eigenvalue weighted by atomic mass is 10.2. The third-order valence-electron chi connectivity index (χ3n) is 2.43. The van der Waals surface area contributed by atoms with Gasteiger partial charge in [0.2, 0.25) is 0 Å². The van der Waals surface area contributed by atoms with Gasteiger partial charge in [0.25, 0.3) is 5.95 Å². The van der Waals surface area contributed by atoms with Crippen LogP contribution in [0.5, 0.6) is 0 Å². The van der Waals surface area contributed by atoms with Crippen molar-refractivity contribution in [1.29, 1.82) is 0 Å². The number of nitrogens with one attached hydrogen (secondary N) is 1. The molecule has 0 saturated heterocycles. The van der Waals surface area contributed by atoms with Crippen LogP contribution in [-0.2, 0) is 6.42 Å². The van der Waals surface area contributed by atoms with E-state index in [0.29, 0.717) is 33.8 Å². The number of aromatic nitrogens is 3. The minimum Gasteiger partial charge on any atom is -0.335 e. The number of halogens is 3. The molecule has 0 radical (unpaired) electrons. The first-order valence-corrected chi connectivity index (χ1v) is 6.31. The molecule has 1 aromatic heterocycles. The Balaban J connectivity index is 0.00000200. The Morgan fingerprint density at radius 3 is 2.80 bits per heavy atom. The van der Waals surface area contributed by atoms with Crippen molar-refractivity contribution in [3.63, 3.8) is 0 Å². The average Bonchev–Trinajstić information content (AvgIpc) is 2.75. The minimum atomic E-state index is 0. The van der Waals surface area contributed by atoms with Crippen LogP contribution in [0.2, 0.25) is 10.0 Å². The molecule has 0 atom stereocenters. The normalized spacial score (nSPS) is 10.6. The van der Waals surface area contributed by atoms with Crippen LogP contribution < -0.4 is 11.3 Å². The topological polar surface area (TPSA) is 81.1 Å². The highest BCUT2D eigenvalue weighted by Crippen LogP contribution is 2.24. The SMILES string of the molecule is CCc1nnc(NN=Cc2cccc(Cl)c2Cl)n1N.Cl. The molecule has 1 heterocycles. The number of hydrogen-bond acceptors (Lipinski definition) is 5. The van der Waals surface area contributed by atoms with Gasteiger partial charge < -0.3 is 5.84 Å². The molecule has 0 aliphatic carbocycles. The smallest absolute Gasteiger partial charge is 0.263 e. The Morgan fingerprint density at radius 1 is 1.40 bits per heavy atom. The average molecular weight is 336 g/mol. The molecule has 0 aliphatic heterocycles. The van der Waals surface area contributed by atoms with Gasteiger partial charge in [-0.15, -0.1) is 22.6 Å². The number of hydrogen-bond donors (Lipinski definition) is 2. The Hall–Kier alpha value is -1.50. The van der Waals surface area contributed by atoms with Gasteiger partial charge in [-0.1, -0.05) is 42.3 Å². The Morgan fingerprint density at radius 2 is 2.15 bits per heavy atom. The number of rotatable bonds is 4. The predicted octanol–water partition coefficient (Wildman–Crippen LogP) is 2.73. The molecule has 2 aromatic rings. The number of benzene rings is 1. The number of nitrogen functional groups attached to an aromatic ring is 1. The summed E-state index contributed by atoms with van der Waals surface area (Å²) in [6.45, 7) is 1.94. The second-order valence-electron chi connectivity index (χ2n) is 3.68. The molecule has 0 fully saturated rings. The highest BCUT2D eigenvalue weighted by Gasteiger charge is 2.06. The van der Waals surface area contributed by atoms with Crippen molar-refractivity contribution >= 4 is 47.8 Å². The van der Waals surface area contributed by atoms with Crippen molar-refractivity contribution in [1.82, 2.24) is 14.9 Å². The van der Waals surface area contributed by atoms with Crippen LogP contribution >= 0.6 is 35.6 Å². The first kappa shape index (κ1) is 16.6. The van der Waals surface area contributed by atoms with E-state index in [2.05, 4.69) is 20.7 Å². The number of anilines is 1. The molecule has 6 nitrogen and oxygen atoms in total. The summed E-state index contributed by atoms with van der Waals surface area (Å²) in [6, 6.07) is 5.29. The second-order valence-corrected chi connectivity index (χ2v) is 4.46. The van der Waals surface area contributed by atoms with Crippen LogP contribution in [0.15, 0.2) is 23.3 Å². The zero-order chi connectivity index (χ0) is 13.8. The summed E-state index contributed by atoms with van der Waals surface area (Å²) >= 11 is 11.9. The van der Waals surface area contributed by atoms with Gasteiger partial charge in [0.05, 0.1) is 16.3 Å². The van der Waals surface area contributed by atoms with Crippen LogP contribution in [0.1, 0.15) is 18.3 Å². The fourth-order valence-electron chi connectivity index (χ4n) is 1.42. The molecular formula is C11H13Cl3N6. The van der Waals surface area contributed by atoms with Gasteiger partial charge in [0.15, 0.2) is 5.82 Å². The molecule has 1 aromatic carbocycles. The Kier molecular flexibility index (Phi) is 6.06. The zero-order valence-electron chi connectivity index (χ0n) is 10.5. The first-order chi connectivity index (χ1) is 9.13. The molecule has 0 aliphatic rings. The summed E-state index contributed by atoms with van der Waals surface area (Å²) < 4.78 is 1.34. The highest BCUT2D eigenvalue weighted by molar-refractivity contribution is 6.43. The summed E-state index contributed by atoms with van der Waals surface area (Å²) in [5, 5.41) is 12.7. The predicted molar refractivity (Wildman–Crippen MR) is 84.5 cm³/mol. The highest BCUT2D eigenvalue weighted by atomic mass is 35.5. The van der Waals surface area contributed by atoms with Crippen molar-refractivity contribution in [2.45, 2.75) is 13.3 Å². The van der Waals surface area contributed by atoms with Crippen molar-refractivity contribution in [2.24, 2.45) is 5.10 Å². The van der Waals surface area contributed by atoms with E-state index in [1.54, 1.807) is 18.2 Å². The molecular weight excluding hydrogens is 323 g/mol. The monoisotopic (exact) mass is 334 g/mol. The van der Waals surface area contributed by atoms with Crippen LogP contribution in [0.3, 0.4) is 0 Å². The standard InChI is InChI=1S/C11H12Cl2N6.ClH/c1-2-9-16-18-11(19(9)14)17-15-6-7-4-3-5-8(12)10(7)13;/h3-6H,2,14H2,1H3,(H,17,18);1H. The quantitative estimate of drug-likeness (QED) is 0.511. The van der Waals surface area contributed by atoms with Gasteiger partial charge in [0.1, 0.15) is 0 Å². The van der Waals surface area contributed by atoms with E-state index in [-0.39, 0.29) is 12.4 Å². The lowest BCUT2D eigenvalue weighted by molar-refractivity contribution is 0.855. The molecule has 3 N–H and O–H groups in total. The zero-order valence-corrected chi connectivity index (χ0v) is 12.9. The second kappa shape index (κ2) is 7.33. The van der Waals surface area contributed by atoms with Crippen molar-refractivity contribution in [2.75, 3.05) is 11.3 Å². The molecule has 20 heavy (non-hydrogen) atoms. The van der Waals surface area contributed by atoms with Crippen LogP contribution in [0.4, 0.5) is 5.95 Å². The molecule has 0 unspecified atom stereocenters. The van der Waals surface area contributed by atoms with Gasteiger partial charge in [-0.3, -0.25) is 0 Å². The van der Waals surface area contributed by atoms with Crippen LogP contribution in [0.25, 0.3) is 0 Å². The third kappa shape index (κ3) is 3.53. The molecule has 0 saturated carbocycles. The van der Waals surface area contributed by atoms with E-state index < -0.39 is 0 Å². The third-order valence-corrected chi connectivity index (χ3v) is 3.27. The molecule has 108 valence electrons. The molecule has 9 heteroatoms. The summed E-state index contributed by atoms with van der Waals surface area (Å²) in [6.07, 6.45) is 2.23. The molecule has 0 amide bonds. The van der Waals surface area contributed by atoms with E-state index >= 15 is 0 Å². The summed E-state index contributed by atoms with van der Waals surface area (Å²) in [5.74, 6) is 6.77. The van der Waals surface area contributed by atoms with Crippen LogP contribution in [-0.4, -0.2) is 21.1 Å². The first-order valence-electron chi connectivity index (χ1n) is 5.56. The largest absolute Gasteiger partial charge is 0.335 e. The van der Waals surface area contributed by atoms with Gasteiger partial charge in [0, 0.05) is 12.0 Å². The number of nitrogens with two attached hydrogens (primary N) is 1. The summed E-state index contributed by atoms with van der Waals surface area (Å²) in [7, 11) is 0. The number of hydrazone groups is 1. The lowest BCUT2D eigenvalue weighted by Gasteiger charge is -2.01. The van der Waals surface area contributed by atoms with Gasteiger partial charge in [-0.25, -0.2) is 10.1 Å². The Bertz CT molecular complexity index is 610. The maximum atomic E-state index is 6.02. The number of nitrogens with zero attached hydrogens (tertiary/aromatic N) is 4. The van der Waals surface area contributed by atoms with Gasteiger partial charge in [-0.05, 0) is 6.07 Å². The molecule has 2 rings (SSSR count). The maximum absolute atomic E-state index is 6.02. The maximum Gasteiger partial charge on any atom is 0.263 e. The van der Waals surface area contributed by atoms with Gasteiger partial charge in [-0.2, -0.15) is 5.10 Å². The summed E-state index contributed by atoms with van der Waals surface area (Å²) in [5.41, 5.74) is 3.39. The van der Waals surface area contributed by atoms with Crippen molar-refractivity contribution in [3.8, 4) is 0 Å². The summed E-state index contributed by atoms with van der Waals surface area (Å²) in [4.78, 5) is 0.